The van der Waals surface area contributed by atoms with Gasteiger partial charge in [0.2, 0.25) is 0 Å². The Morgan fingerprint density at radius 1 is 1.29 bits per heavy atom. The largest absolute Gasteiger partial charge is 0.493 e. The minimum atomic E-state index is -1.19. The summed E-state index contributed by atoms with van der Waals surface area (Å²) in [6.45, 7) is 10.5. The van der Waals surface area contributed by atoms with E-state index in [1.165, 1.54) is 12.5 Å². The molecule has 0 aliphatic heterocycles. The zero-order valence-electron chi connectivity index (χ0n) is 13.7. The predicted octanol–water partition coefficient (Wildman–Crippen LogP) is 3.25. The average Bonchev–Trinajstić information content (AvgIpc) is 2.34. The van der Waals surface area contributed by atoms with Crippen molar-refractivity contribution in [1.82, 2.24) is 0 Å². The van der Waals surface area contributed by atoms with Crippen LogP contribution in [0.2, 0.25) is 0 Å². The Labute approximate surface area is 127 Å². The highest BCUT2D eigenvalue weighted by molar-refractivity contribution is 5.77. The van der Waals surface area contributed by atoms with Crippen molar-refractivity contribution < 1.29 is 14.6 Å². The van der Waals surface area contributed by atoms with E-state index in [-0.39, 0.29) is 5.41 Å². The maximum atomic E-state index is 10.9. The first-order valence-corrected chi connectivity index (χ1v) is 7.30. The molecular weight excluding hydrogens is 266 g/mol. The van der Waals surface area contributed by atoms with E-state index in [4.69, 9.17) is 15.6 Å². The molecule has 1 unspecified atom stereocenters. The third kappa shape index (κ3) is 5.05. The molecule has 0 saturated heterocycles. The maximum absolute atomic E-state index is 10.9. The molecule has 0 aromatic heterocycles. The van der Waals surface area contributed by atoms with Crippen molar-refractivity contribution in [3.8, 4) is 5.75 Å². The second-order valence-electron chi connectivity index (χ2n) is 6.90. The summed E-state index contributed by atoms with van der Waals surface area (Å²) >= 11 is 0. The summed E-state index contributed by atoms with van der Waals surface area (Å²) in [6, 6.07) is 6.20. The van der Waals surface area contributed by atoms with E-state index in [9.17, 15) is 4.79 Å². The molecule has 0 aliphatic carbocycles. The molecule has 0 amide bonds. The van der Waals surface area contributed by atoms with E-state index in [1.807, 2.05) is 13.0 Å². The van der Waals surface area contributed by atoms with Crippen LogP contribution >= 0.6 is 0 Å². The number of aryl methyl sites for hydroxylation is 1. The number of hydrogen-bond acceptors (Lipinski definition) is 3. The van der Waals surface area contributed by atoms with Crippen molar-refractivity contribution in [3.63, 3.8) is 0 Å². The van der Waals surface area contributed by atoms with Crippen LogP contribution < -0.4 is 10.5 Å². The average molecular weight is 293 g/mol. The van der Waals surface area contributed by atoms with Gasteiger partial charge in [0.25, 0.3) is 0 Å². The maximum Gasteiger partial charge on any atom is 0.323 e. The molecule has 4 heteroatoms. The van der Waals surface area contributed by atoms with Gasteiger partial charge in [0.05, 0.1) is 6.61 Å². The summed E-state index contributed by atoms with van der Waals surface area (Å²) in [4.78, 5) is 10.9. The Kier molecular flexibility index (Phi) is 5.40. The van der Waals surface area contributed by atoms with Crippen LogP contribution in [0.3, 0.4) is 0 Å². The summed E-state index contributed by atoms with van der Waals surface area (Å²) in [7, 11) is 0. The van der Waals surface area contributed by atoms with Crippen molar-refractivity contribution >= 4 is 5.97 Å². The lowest BCUT2D eigenvalue weighted by atomic mass is 9.86. The molecule has 0 aliphatic rings. The number of nitrogens with two attached hydrogens (primary N) is 1. The van der Waals surface area contributed by atoms with Gasteiger partial charge in [0.1, 0.15) is 11.3 Å². The van der Waals surface area contributed by atoms with Crippen molar-refractivity contribution in [2.45, 2.75) is 58.4 Å². The third-order valence-electron chi connectivity index (χ3n) is 3.63. The quantitative estimate of drug-likeness (QED) is 0.790. The summed E-state index contributed by atoms with van der Waals surface area (Å²) < 4.78 is 5.73. The number of carbonyl (C=O) groups is 1. The summed E-state index contributed by atoms with van der Waals surface area (Å²) in [6.07, 6.45) is 1.00. The Morgan fingerprint density at radius 2 is 1.90 bits per heavy atom. The smallest absolute Gasteiger partial charge is 0.323 e. The van der Waals surface area contributed by atoms with E-state index in [0.29, 0.717) is 19.4 Å². The van der Waals surface area contributed by atoms with Crippen molar-refractivity contribution in [3.05, 3.63) is 29.3 Å². The fraction of sp³-hybridized carbons (Fsp3) is 0.588. The van der Waals surface area contributed by atoms with Crippen LogP contribution in [-0.4, -0.2) is 23.2 Å². The van der Waals surface area contributed by atoms with Gasteiger partial charge in [-0.25, -0.2) is 0 Å². The number of ether oxygens (including phenoxy) is 1. The first-order valence-electron chi connectivity index (χ1n) is 7.30. The molecule has 0 heterocycles. The van der Waals surface area contributed by atoms with E-state index >= 15 is 0 Å². The molecule has 0 radical (unpaired) electrons. The van der Waals surface area contributed by atoms with Gasteiger partial charge in [-0.2, -0.15) is 0 Å². The van der Waals surface area contributed by atoms with Crippen LogP contribution in [0.15, 0.2) is 18.2 Å². The molecule has 1 rings (SSSR count). The number of carboxylic acids is 1. The standard InChI is InChI=1S/C17H27NO3/c1-12-11-13(16(2,3)4)7-8-14(12)21-10-6-9-17(5,18)15(19)20/h7-8,11H,6,9-10,18H2,1-5H3,(H,19,20). The first-order chi connectivity index (χ1) is 9.54. The topological polar surface area (TPSA) is 72.5 Å². The summed E-state index contributed by atoms with van der Waals surface area (Å²) in [5, 5.41) is 8.94. The number of carboxylic acid groups (broad SMARTS) is 1. The number of benzene rings is 1. The van der Waals surface area contributed by atoms with E-state index in [1.54, 1.807) is 0 Å². The van der Waals surface area contributed by atoms with E-state index in [2.05, 4.69) is 32.9 Å². The van der Waals surface area contributed by atoms with Crippen LogP contribution in [0.4, 0.5) is 0 Å². The number of hydrogen-bond donors (Lipinski definition) is 2. The Morgan fingerprint density at radius 3 is 2.38 bits per heavy atom. The lowest BCUT2D eigenvalue weighted by Crippen LogP contribution is -2.44. The van der Waals surface area contributed by atoms with Crippen LogP contribution in [0.5, 0.6) is 5.75 Å². The molecule has 21 heavy (non-hydrogen) atoms. The molecular formula is C17H27NO3. The van der Waals surface area contributed by atoms with Gasteiger partial charge in [0.15, 0.2) is 0 Å². The molecule has 3 N–H and O–H groups in total. The highest BCUT2D eigenvalue weighted by Gasteiger charge is 2.27. The highest BCUT2D eigenvalue weighted by atomic mass is 16.5. The SMILES string of the molecule is Cc1cc(C(C)(C)C)ccc1OCCCC(C)(N)C(=O)O. The summed E-state index contributed by atoms with van der Waals surface area (Å²) in [5.74, 6) is -0.134. The Balaban J connectivity index is 2.56. The lowest BCUT2D eigenvalue weighted by molar-refractivity contribution is -0.142. The van der Waals surface area contributed by atoms with Gasteiger partial charge in [-0.05, 0) is 49.3 Å². The van der Waals surface area contributed by atoms with E-state index < -0.39 is 11.5 Å². The van der Waals surface area contributed by atoms with Crippen LogP contribution in [-0.2, 0) is 10.2 Å². The van der Waals surface area contributed by atoms with Gasteiger partial charge >= 0.3 is 5.97 Å². The second-order valence-corrected chi connectivity index (χ2v) is 6.90. The molecule has 4 nitrogen and oxygen atoms in total. The predicted molar refractivity (Wildman–Crippen MR) is 84.8 cm³/mol. The normalized spacial score (nSPS) is 14.6. The fourth-order valence-electron chi connectivity index (χ4n) is 2.01. The van der Waals surface area contributed by atoms with Crippen LogP contribution in [0.1, 0.15) is 51.7 Å². The number of aliphatic carboxylic acids is 1. The van der Waals surface area contributed by atoms with Gasteiger partial charge in [0, 0.05) is 0 Å². The van der Waals surface area contributed by atoms with E-state index in [0.717, 1.165) is 11.3 Å². The minimum Gasteiger partial charge on any atom is -0.493 e. The van der Waals surface area contributed by atoms with Crippen molar-refractivity contribution in [2.24, 2.45) is 5.73 Å². The second kappa shape index (κ2) is 6.48. The molecule has 118 valence electrons. The monoisotopic (exact) mass is 293 g/mol. The first kappa shape index (κ1) is 17.5. The summed E-state index contributed by atoms with van der Waals surface area (Å²) in [5.41, 5.74) is 6.98. The molecule has 1 atom stereocenters. The Hall–Kier alpha value is -1.55. The van der Waals surface area contributed by atoms with Gasteiger partial charge in [-0.3, -0.25) is 4.79 Å². The fourth-order valence-corrected chi connectivity index (χ4v) is 2.01. The zero-order chi connectivity index (χ0) is 16.3. The van der Waals surface area contributed by atoms with Gasteiger partial charge in [-0.15, -0.1) is 0 Å². The van der Waals surface area contributed by atoms with Gasteiger partial charge in [-0.1, -0.05) is 32.9 Å². The zero-order valence-corrected chi connectivity index (χ0v) is 13.7. The molecule has 1 aromatic rings. The van der Waals surface area contributed by atoms with Crippen LogP contribution in [0.25, 0.3) is 0 Å². The molecule has 0 saturated carbocycles. The van der Waals surface area contributed by atoms with Crippen LogP contribution in [0, 0.1) is 6.92 Å². The minimum absolute atomic E-state index is 0.117. The Bertz CT molecular complexity index is 501. The number of rotatable bonds is 6. The highest BCUT2D eigenvalue weighted by Crippen LogP contribution is 2.27. The molecule has 0 bridgehead atoms. The molecule has 0 fully saturated rings. The van der Waals surface area contributed by atoms with Crippen molar-refractivity contribution in [1.29, 1.82) is 0 Å². The van der Waals surface area contributed by atoms with Gasteiger partial charge < -0.3 is 15.6 Å². The van der Waals surface area contributed by atoms with Crippen molar-refractivity contribution in [2.75, 3.05) is 6.61 Å². The third-order valence-corrected chi connectivity index (χ3v) is 3.63. The molecule has 0 spiro atoms. The molecule has 1 aromatic carbocycles. The lowest BCUT2D eigenvalue weighted by Gasteiger charge is -2.21.